The predicted molar refractivity (Wildman–Crippen MR) is 105 cm³/mol. The van der Waals surface area contributed by atoms with Gasteiger partial charge in [0.1, 0.15) is 5.01 Å². The first-order valence-electron chi connectivity index (χ1n) is 8.31. The highest BCUT2D eigenvalue weighted by Gasteiger charge is 2.26. The fourth-order valence-corrected chi connectivity index (χ4v) is 3.59. The van der Waals surface area contributed by atoms with E-state index in [1.165, 1.54) is 16.2 Å². The number of hydrogen-bond acceptors (Lipinski definition) is 5. The largest absolute Gasteiger partial charge is 0.465 e. The zero-order valence-corrected chi connectivity index (χ0v) is 16.1. The summed E-state index contributed by atoms with van der Waals surface area (Å²) in [5, 5.41) is 10.2. The number of carboxylic acid groups (broad SMARTS) is 1. The summed E-state index contributed by atoms with van der Waals surface area (Å²) in [6.45, 7) is 5.74. The van der Waals surface area contributed by atoms with Gasteiger partial charge in [0.15, 0.2) is 0 Å². The second-order valence-corrected chi connectivity index (χ2v) is 8.17. The summed E-state index contributed by atoms with van der Waals surface area (Å²) >= 11 is 1.45. The van der Waals surface area contributed by atoms with Gasteiger partial charge in [0.2, 0.25) is 5.91 Å². The van der Waals surface area contributed by atoms with Gasteiger partial charge in [-0.2, -0.15) is 0 Å². The van der Waals surface area contributed by atoms with Gasteiger partial charge >= 0.3 is 6.09 Å². The molecule has 0 aliphatic carbocycles. The Morgan fingerprint density at radius 3 is 2.52 bits per heavy atom. The van der Waals surface area contributed by atoms with Gasteiger partial charge in [-0.25, -0.2) is 9.78 Å². The van der Waals surface area contributed by atoms with E-state index in [0.717, 1.165) is 20.8 Å². The van der Waals surface area contributed by atoms with Crippen LogP contribution in [0.4, 0.5) is 4.79 Å². The van der Waals surface area contributed by atoms with E-state index < -0.39 is 17.5 Å². The minimum absolute atomic E-state index is 0.209. The minimum atomic E-state index is -0.982. The Bertz CT molecular complexity index is 1010. The minimum Gasteiger partial charge on any atom is -0.465 e. The molecular formula is C19H20N4O3S. The summed E-state index contributed by atoms with van der Waals surface area (Å²) in [7, 11) is 0. The van der Waals surface area contributed by atoms with Crippen LogP contribution in [-0.2, 0) is 6.54 Å². The number of carbonyl (C=O) groups excluding carboxylic acids is 1. The second kappa shape index (κ2) is 6.96. The fourth-order valence-electron chi connectivity index (χ4n) is 2.60. The second-order valence-electron chi connectivity index (χ2n) is 7.14. The van der Waals surface area contributed by atoms with Crippen LogP contribution in [0.25, 0.3) is 20.8 Å². The molecule has 8 heteroatoms. The zero-order chi connectivity index (χ0) is 19.8. The molecule has 1 aromatic carbocycles. The lowest BCUT2D eigenvalue weighted by Gasteiger charge is -2.32. The number of aromatic nitrogens is 2. The molecule has 140 valence electrons. The number of primary amides is 1. The SMILES string of the molecule is CC(C)(C)N(Cc1ccc(-c2nc3ccc(C(N)=O)cc3s2)cn1)C(=O)O. The lowest BCUT2D eigenvalue weighted by molar-refractivity contribution is 0.0945. The van der Waals surface area contributed by atoms with Gasteiger partial charge in [-0.1, -0.05) is 0 Å². The molecular weight excluding hydrogens is 364 g/mol. The molecule has 0 radical (unpaired) electrons. The van der Waals surface area contributed by atoms with Gasteiger partial charge in [0, 0.05) is 22.9 Å². The number of benzene rings is 1. The smallest absolute Gasteiger partial charge is 0.408 e. The van der Waals surface area contributed by atoms with Crippen LogP contribution in [0.3, 0.4) is 0 Å². The summed E-state index contributed by atoms with van der Waals surface area (Å²) in [4.78, 5) is 33.1. The third-order valence-corrected chi connectivity index (χ3v) is 5.17. The van der Waals surface area contributed by atoms with Gasteiger partial charge in [-0.05, 0) is 51.1 Å². The van der Waals surface area contributed by atoms with E-state index in [2.05, 4.69) is 9.97 Å². The highest BCUT2D eigenvalue weighted by atomic mass is 32.1. The van der Waals surface area contributed by atoms with Crippen LogP contribution in [0.5, 0.6) is 0 Å². The summed E-state index contributed by atoms with van der Waals surface area (Å²) in [6.07, 6.45) is 0.704. The van der Waals surface area contributed by atoms with E-state index in [1.54, 1.807) is 30.5 Å². The van der Waals surface area contributed by atoms with Gasteiger partial charge < -0.3 is 10.8 Å². The van der Waals surface area contributed by atoms with E-state index in [-0.39, 0.29) is 6.54 Å². The molecule has 2 aromatic heterocycles. The van der Waals surface area contributed by atoms with Crippen LogP contribution < -0.4 is 5.73 Å². The zero-order valence-electron chi connectivity index (χ0n) is 15.3. The molecule has 0 saturated carbocycles. The Labute approximate surface area is 160 Å². The standard InChI is InChI=1S/C19H20N4O3S/c1-19(2,3)23(18(25)26)10-13-6-4-12(9-21-13)17-22-14-7-5-11(16(20)24)8-15(14)27-17/h4-9H,10H2,1-3H3,(H2,20,24)(H,25,26). The Morgan fingerprint density at radius 2 is 1.96 bits per heavy atom. The molecule has 0 bridgehead atoms. The maximum absolute atomic E-state index is 11.5. The number of fused-ring (bicyclic) bond motifs is 1. The lowest BCUT2D eigenvalue weighted by atomic mass is 10.1. The van der Waals surface area contributed by atoms with Crippen LogP contribution in [0.1, 0.15) is 36.8 Å². The number of nitrogens with zero attached hydrogens (tertiary/aromatic N) is 3. The number of pyridine rings is 1. The molecule has 0 fully saturated rings. The monoisotopic (exact) mass is 384 g/mol. The van der Waals surface area contributed by atoms with Crippen molar-refractivity contribution in [1.29, 1.82) is 0 Å². The molecule has 0 aliphatic heterocycles. The molecule has 2 amide bonds. The maximum Gasteiger partial charge on any atom is 0.408 e. The molecule has 3 N–H and O–H groups in total. The van der Waals surface area contributed by atoms with Gasteiger partial charge in [-0.3, -0.25) is 14.7 Å². The van der Waals surface area contributed by atoms with Crippen LogP contribution in [0.2, 0.25) is 0 Å². The first kappa shape index (κ1) is 18.8. The van der Waals surface area contributed by atoms with Crippen molar-refractivity contribution in [3.05, 3.63) is 47.8 Å². The normalized spacial score (nSPS) is 11.5. The van der Waals surface area contributed by atoms with E-state index in [9.17, 15) is 14.7 Å². The third kappa shape index (κ3) is 4.06. The molecule has 0 atom stereocenters. The first-order chi connectivity index (χ1) is 12.6. The highest BCUT2D eigenvalue weighted by Crippen LogP contribution is 2.30. The molecule has 3 rings (SSSR count). The predicted octanol–water partition coefficient (Wildman–Crippen LogP) is 3.74. The quantitative estimate of drug-likeness (QED) is 0.712. The molecule has 0 saturated heterocycles. The average molecular weight is 384 g/mol. The van der Waals surface area contributed by atoms with Crippen molar-refractivity contribution in [2.75, 3.05) is 0 Å². The van der Waals surface area contributed by atoms with Crippen molar-refractivity contribution in [2.45, 2.75) is 32.9 Å². The Kier molecular flexibility index (Phi) is 4.84. The van der Waals surface area contributed by atoms with Crippen LogP contribution >= 0.6 is 11.3 Å². The molecule has 0 aliphatic rings. The molecule has 0 unspecified atom stereocenters. The third-order valence-electron chi connectivity index (χ3n) is 4.11. The number of rotatable bonds is 4. The maximum atomic E-state index is 11.5. The van der Waals surface area contributed by atoms with Gasteiger partial charge in [-0.15, -0.1) is 11.3 Å². The molecule has 7 nitrogen and oxygen atoms in total. The molecule has 3 aromatic rings. The Hall–Kier alpha value is -3.00. The number of nitrogens with two attached hydrogens (primary N) is 1. The number of thiazole rings is 1. The summed E-state index contributed by atoms with van der Waals surface area (Å²) < 4.78 is 0.871. The van der Waals surface area contributed by atoms with E-state index in [0.29, 0.717) is 11.3 Å². The van der Waals surface area contributed by atoms with Crippen LogP contribution in [-0.4, -0.2) is 37.5 Å². The number of carbonyl (C=O) groups is 2. The van der Waals surface area contributed by atoms with E-state index >= 15 is 0 Å². The van der Waals surface area contributed by atoms with Crippen LogP contribution in [0, 0.1) is 0 Å². The Balaban J connectivity index is 1.86. The summed E-state index contributed by atoms with van der Waals surface area (Å²) in [5.74, 6) is -0.472. The highest BCUT2D eigenvalue weighted by molar-refractivity contribution is 7.21. The van der Waals surface area contributed by atoms with E-state index in [4.69, 9.17) is 5.73 Å². The topological polar surface area (TPSA) is 109 Å². The lowest BCUT2D eigenvalue weighted by Crippen LogP contribution is -2.44. The molecule has 0 spiro atoms. The van der Waals surface area contributed by atoms with Crippen molar-refractivity contribution in [1.82, 2.24) is 14.9 Å². The van der Waals surface area contributed by atoms with Crippen molar-refractivity contribution in [2.24, 2.45) is 5.73 Å². The first-order valence-corrected chi connectivity index (χ1v) is 9.13. The number of amides is 2. The van der Waals surface area contributed by atoms with Crippen LogP contribution in [0.15, 0.2) is 36.5 Å². The summed E-state index contributed by atoms with van der Waals surface area (Å²) in [6, 6.07) is 8.83. The van der Waals surface area contributed by atoms with Crippen molar-refractivity contribution in [3.8, 4) is 10.6 Å². The number of hydrogen-bond donors (Lipinski definition) is 2. The van der Waals surface area contributed by atoms with Gasteiger partial charge in [0.25, 0.3) is 0 Å². The van der Waals surface area contributed by atoms with Crippen molar-refractivity contribution < 1.29 is 14.7 Å². The van der Waals surface area contributed by atoms with E-state index in [1.807, 2.05) is 26.8 Å². The van der Waals surface area contributed by atoms with Crippen molar-refractivity contribution >= 4 is 33.6 Å². The summed E-state index contributed by atoms with van der Waals surface area (Å²) in [5.41, 5.74) is 7.53. The molecule has 27 heavy (non-hydrogen) atoms. The fraction of sp³-hybridized carbons (Fsp3) is 0.263. The average Bonchev–Trinajstić information content (AvgIpc) is 3.02. The Morgan fingerprint density at radius 1 is 1.22 bits per heavy atom. The van der Waals surface area contributed by atoms with Gasteiger partial charge in [0.05, 0.1) is 22.5 Å². The molecule has 2 heterocycles. The van der Waals surface area contributed by atoms with Crippen molar-refractivity contribution in [3.63, 3.8) is 0 Å².